The van der Waals surface area contributed by atoms with Crippen molar-refractivity contribution in [3.63, 3.8) is 0 Å². The van der Waals surface area contributed by atoms with Crippen LogP contribution in [-0.4, -0.2) is 37.1 Å². The molecule has 1 aliphatic rings. The second-order valence-corrected chi connectivity index (χ2v) is 8.41. The Morgan fingerprint density at radius 3 is 2.88 bits per heavy atom. The molecule has 0 radical (unpaired) electrons. The zero-order chi connectivity index (χ0) is 22.3. The van der Waals surface area contributed by atoms with Gasteiger partial charge in [-0.05, 0) is 75.9 Å². The highest BCUT2D eigenvalue weighted by Crippen LogP contribution is 2.29. The molecular weight excluding hydrogens is 403 g/mol. The molecule has 0 bridgehead atoms. The van der Waals surface area contributed by atoms with E-state index in [0.29, 0.717) is 17.8 Å². The minimum atomic E-state index is -0.543. The van der Waals surface area contributed by atoms with Crippen LogP contribution in [-0.2, 0) is 0 Å². The smallest absolute Gasteiger partial charge is 0.254 e. The maximum absolute atomic E-state index is 14.6. The Balaban J connectivity index is 1.54. The van der Waals surface area contributed by atoms with Crippen LogP contribution in [0.3, 0.4) is 0 Å². The van der Waals surface area contributed by atoms with E-state index >= 15 is 0 Å². The van der Waals surface area contributed by atoms with E-state index in [2.05, 4.69) is 22.0 Å². The molecule has 5 nitrogen and oxygen atoms in total. The molecule has 3 N–H and O–H groups in total. The van der Waals surface area contributed by atoms with E-state index in [-0.39, 0.29) is 5.56 Å². The van der Waals surface area contributed by atoms with Gasteiger partial charge >= 0.3 is 0 Å². The minimum Gasteiger partial charge on any atom is -0.384 e. The van der Waals surface area contributed by atoms with E-state index in [4.69, 9.17) is 4.98 Å². The zero-order valence-corrected chi connectivity index (χ0v) is 18.6. The lowest BCUT2D eigenvalue weighted by molar-refractivity contribution is 0.0952. The van der Waals surface area contributed by atoms with Gasteiger partial charge in [0.1, 0.15) is 5.82 Å². The van der Waals surface area contributed by atoms with Gasteiger partial charge in [0.25, 0.3) is 5.91 Å². The summed E-state index contributed by atoms with van der Waals surface area (Å²) in [5, 5.41) is 10.8. The number of aromatic nitrogens is 1. The van der Waals surface area contributed by atoms with E-state index in [1.54, 1.807) is 6.07 Å². The van der Waals surface area contributed by atoms with Crippen molar-refractivity contribution in [1.82, 2.24) is 15.6 Å². The number of piperidine rings is 1. The van der Waals surface area contributed by atoms with Crippen LogP contribution in [0.4, 0.5) is 10.1 Å². The highest BCUT2D eigenvalue weighted by molar-refractivity contribution is 5.96. The molecular formula is C26H31FN4O. The number of halogens is 1. The number of benzene rings is 2. The first-order valence-electron chi connectivity index (χ1n) is 11.6. The number of carbonyl (C=O) groups is 1. The first kappa shape index (κ1) is 22.2. The number of fused-ring (bicyclic) bond motifs is 1. The minimum absolute atomic E-state index is 0.0481. The van der Waals surface area contributed by atoms with Crippen LogP contribution in [0.1, 0.15) is 43.0 Å². The molecule has 32 heavy (non-hydrogen) atoms. The van der Waals surface area contributed by atoms with Crippen molar-refractivity contribution in [3.05, 3.63) is 59.9 Å². The van der Waals surface area contributed by atoms with Gasteiger partial charge < -0.3 is 16.0 Å². The van der Waals surface area contributed by atoms with Crippen molar-refractivity contribution >= 4 is 22.5 Å². The fraction of sp³-hybridized carbons (Fsp3) is 0.385. The molecule has 1 amide bonds. The third-order valence-electron chi connectivity index (χ3n) is 6.07. The largest absolute Gasteiger partial charge is 0.384 e. The summed E-state index contributed by atoms with van der Waals surface area (Å²) < 4.78 is 14.6. The maximum Gasteiger partial charge on any atom is 0.254 e. The summed E-state index contributed by atoms with van der Waals surface area (Å²) in [5.41, 5.74) is 3.24. The molecule has 1 fully saturated rings. The average Bonchev–Trinajstić information content (AvgIpc) is 2.82. The number of para-hydroxylation sites is 1. The van der Waals surface area contributed by atoms with Crippen molar-refractivity contribution in [2.45, 2.75) is 32.6 Å². The van der Waals surface area contributed by atoms with Crippen molar-refractivity contribution < 1.29 is 9.18 Å². The lowest BCUT2D eigenvalue weighted by Crippen LogP contribution is -2.29. The number of hydrogen-bond donors (Lipinski definition) is 3. The predicted octanol–water partition coefficient (Wildman–Crippen LogP) is 4.98. The summed E-state index contributed by atoms with van der Waals surface area (Å²) in [6.07, 6.45) is 4.90. The van der Waals surface area contributed by atoms with Gasteiger partial charge in [-0.3, -0.25) is 4.79 Å². The van der Waals surface area contributed by atoms with E-state index in [0.717, 1.165) is 48.6 Å². The zero-order valence-electron chi connectivity index (χ0n) is 18.6. The van der Waals surface area contributed by atoms with Crippen molar-refractivity contribution in [2.75, 3.05) is 31.5 Å². The third-order valence-corrected chi connectivity index (χ3v) is 6.07. The second kappa shape index (κ2) is 10.6. The SMILES string of the molecule is CCNC(=O)c1ccc(-c2cc(NCCCC3CCCNC3)c3ccccc3n2)cc1F. The topological polar surface area (TPSA) is 66.1 Å². The van der Waals surface area contributed by atoms with Gasteiger partial charge in [0.05, 0.1) is 16.8 Å². The van der Waals surface area contributed by atoms with Gasteiger partial charge in [-0.2, -0.15) is 0 Å². The number of carbonyl (C=O) groups excluding carboxylic acids is 1. The molecule has 2 heterocycles. The molecule has 4 rings (SSSR count). The van der Waals surface area contributed by atoms with Crippen LogP contribution in [0.2, 0.25) is 0 Å². The molecule has 1 atom stereocenters. The maximum atomic E-state index is 14.6. The number of hydrogen-bond acceptors (Lipinski definition) is 4. The number of nitrogens with zero attached hydrogens (tertiary/aromatic N) is 1. The first-order valence-corrected chi connectivity index (χ1v) is 11.6. The standard InChI is InChI=1S/C26H31FN4O/c1-2-29-26(32)20-12-11-19(15-22(20)27)24-16-25(21-9-3-4-10-23(21)31-24)30-14-6-8-18-7-5-13-28-17-18/h3-4,9-12,15-16,18,28H,2,5-8,13-14,17H2,1H3,(H,29,32)(H,30,31). The van der Waals surface area contributed by atoms with Crippen LogP contribution in [0.25, 0.3) is 22.2 Å². The summed E-state index contributed by atoms with van der Waals surface area (Å²) in [6.45, 7) is 5.42. The van der Waals surface area contributed by atoms with E-state index in [1.165, 1.54) is 31.4 Å². The molecule has 2 aromatic carbocycles. The fourth-order valence-electron chi connectivity index (χ4n) is 4.37. The molecule has 0 aliphatic carbocycles. The quantitative estimate of drug-likeness (QED) is 0.438. The van der Waals surface area contributed by atoms with Crippen LogP contribution in [0.5, 0.6) is 0 Å². The monoisotopic (exact) mass is 434 g/mol. The van der Waals surface area contributed by atoms with Gasteiger partial charge in [0.2, 0.25) is 0 Å². The predicted molar refractivity (Wildman–Crippen MR) is 128 cm³/mol. The average molecular weight is 435 g/mol. The molecule has 6 heteroatoms. The molecule has 0 saturated carbocycles. The number of pyridine rings is 1. The number of rotatable bonds is 8. The summed E-state index contributed by atoms with van der Waals surface area (Å²) in [6, 6.07) is 14.6. The molecule has 3 aromatic rings. The Morgan fingerprint density at radius 2 is 2.09 bits per heavy atom. The van der Waals surface area contributed by atoms with E-state index in [9.17, 15) is 9.18 Å². The summed E-state index contributed by atoms with van der Waals surface area (Å²) in [5.74, 6) is -0.181. The molecule has 0 spiro atoms. The van der Waals surface area contributed by atoms with E-state index < -0.39 is 11.7 Å². The van der Waals surface area contributed by atoms with Crippen molar-refractivity contribution in [2.24, 2.45) is 5.92 Å². The normalized spacial score (nSPS) is 16.1. The fourth-order valence-corrected chi connectivity index (χ4v) is 4.37. The van der Waals surface area contributed by atoms with Crippen LogP contribution >= 0.6 is 0 Å². The van der Waals surface area contributed by atoms with Crippen molar-refractivity contribution in [1.29, 1.82) is 0 Å². The summed E-state index contributed by atoms with van der Waals surface area (Å²) >= 11 is 0. The highest BCUT2D eigenvalue weighted by atomic mass is 19.1. The van der Waals surface area contributed by atoms with Gasteiger partial charge in [-0.25, -0.2) is 9.37 Å². The van der Waals surface area contributed by atoms with Gasteiger partial charge in [-0.1, -0.05) is 24.3 Å². The second-order valence-electron chi connectivity index (χ2n) is 8.41. The number of nitrogens with one attached hydrogen (secondary N) is 3. The van der Waals surface area contributed by atoms with Gasteiger partial charge in [0.15, 0.2) is 0 Å². The van der Waals surface area contributed by atoms with Crippen LogP contribution < -0.4 is 16.0 Å². The van der Waals surface area contributed by atoms with Gasteiger partial charge in [0, 0.05) is 29.7 Å². The van der Waals surface area contributed by atoms with Crippen LogP contribution in [0.15, 0.2) is 48.5 Å². The van der Waals surface area contributed by atoms with E-state index in [1.807, 2.05) is 31.2 Å². The molecule has 1 saturated heterocycles. The Kier molecular flexibility index (Phi) is 7.32. The molecule has 1 unspecified atom stereocenters. The number of amides is 1. The third kappa shape index (κ3) is 5.25. The summed E-state index contributed by atoms with van der Waals surface area (Å²) in [7, 11) is 0. The lowest BCUT2D eigenvalue weighted by atomic mass is 9.95. The Labute approximate surface area is 188 Å². The first-order chi connectivity index (χ1) is 15.7. The highest BCUT2D eigenvalue weighted by Gasteiger charge is 2.15. The van der Waals surface area contributed by atoms with Crippen molar-refractivity contribution in [3.8, 4) is 11.3 Å². The molecule has 1 aliphatic heterocycles. The van der Waals surface area contributed by atoms with Crippen LogP contribution in [0, 0.1) is 11.7 Å². The molecule has 168 valence electrons. The Hall–Kier alpha value is -2.99. The Bertz CT molecular complexity index is 1080. The lowest BCUT2D eigenvalue weighted by Gasteiger charge is -2.22. The van der Waals surface area contributed by atoms with Gasteiger partial charge in [-0.15, -0.1) is 0 Å². The summed E-state index contributed by atoms with van der Waals surface area (Å²) in [4.78, 5) is 16.8. The number of anilines is 1. The molecule has 1 aromatic heterocycles. The Morgan fingerprint density at radius 1 is 1.22 bits per heavy atom.